The third-order valence-corrected chi connectivity index (χ3v) is 5.11. The summed E-state index contributed by atoms with van der Waals surface area (Å²) in [4.78, 5) is 51.5. The van der Waals surface area contributed by atoms with Gasteiger partial charge >= 0.3 is 0 Å². The highest BCUT2D eigenvalue weighted by atomic mass is 35.5. The van der Waals surface area contributed by atoms with Crippen molar-refractivity contribution in [3.63, 3.8) is 0 Å². The molecule has 0 saturated carbocycles. The van der Waals surface area contributed by atoms with Crippen LogP contribution in [0.15, 0.2) is 48.5 Å². The second kappa shape index (κ2) is 9.09. The predicted octanol–water partition coefficient (Wildman–Crippen LogP) is 3.02. The summed E-state index contributed by atoms with van der Waals surface area (Å²) >= 11 is 6.01. The van der Waals surface area contributed by atoms with Gasteiger partial charge in [0.1, 0.15) is 6.04 Å². The van der Waals surface area contributed by atoms with E-state index < -0.39 is 11.9 Å². The minimum atomic E-state index is -0.843. The minimum absolute atomic E-state index is 0.0680. The van der Waals surface area contributed by atoms with Crippen molar-refractivity contribution >= 4 is 46.6 Å². The molecule has 0 radical (unpaired) electrons. The normalized spacial score (nSPS) is 16.0. The summed E-state index contributed by atoms with van der Waals surface area (Å²) in [5, 5.41) is 3.23. The third kappa shape index (κ3) is 4.86. The van der Waals surface area contributed by atoms with Crippen LogP contribution in [0, 0.1) is 0 Å². The van der Waals surface area contributed by atoms with Crippen LogP contribution in [0.2, 0.25) is 5.02 Å². The molecule has 2 aromatic carbocycles. The van der Waals surface area contributed by atoms with Gasteiger partial charge in [0.25, 0.3) is 5.91 Å². The van der Waals surface area contributed by atoms with Crippen molar-refractivity contribution < 1.29 is 19.2 Å². The number of nitrogens with one attached hydrogen (secondary N) is 1. The second-order valence-corrected chi connectivity index (χ2v) is 7.54. The van der Waals surface area contributed by atoms with Crippen LogP contribution < -0.4 is 10.2 Å². The number of anilines is 2. The van der Waals surface area contributed by atoms with Gasteiger partial charge in [-0.05, 0) is 48.4 Å². The molecule has 1 aliphatic rings. The van der Waals surface area contributed by atoms with Crippen molar-refractivity contribution in [2.24, 2.45) is 0 Å². The van der Waals surface area contributed by atoms with Crippen LogP contribution in [0.4, 0.5) is 11.4 Å². The number of amides is 4. The molecule has 0 aliphatic carbocycles. The quantitative estimate of drug-likeness (QED) is 0.718. The van der Waals surface area contributed by atoms with Crippen molar-refractivity contribution in [2.75, 3.05) is 16.8 Å². The van der Waals surface area contributed by atoms with Crippen LogP contribution in [0.1, 0.15) is 25.8 Å². The third-order valence-electron chi connectivity index (χ3n) is 4.88. The molecular weight excluding hydrogens is 406 g/mol. The van der Waals surface area contributed by atoms with E-state index in [0.29, 0.717) is 29.4 Å². The highest BCUT2D eigenvalue weighted by molar-refractivity contribution is 6.30. The van der Waals surface area contributed by atoms with E-state index in [1.807, 2.05) is 18.2 Å². The van der Waals surface area contributed by atoms with Gasteiger partial charge in [-0.2, -0.15) is 0 Å². The molecule has 0 aromatic heterocycles. The molecule has 0 spiro atoms. The first kappa shape index (κ1) is 21.5. The van der Waals surface area contributed by atoms with Crippen LogP contribution in [0.5, 0.6) is 0 Å². The molecule has 1 aliphatic heterocycles. The lowest BCUT2D eigenvalue weighted by Gasteiger charge is -2.26. The summed E-state index contributed by atoms with van der Waals surface area (Å²) in [6.45, 7) is 3.08. The van der Waals surface area contributed by atoms with Crippen molar-refractivity contribution in [3.05, 3.63) is 59.1 Å². The number of benzene rings is 2. The summed E-state index contributed by atoms with van der Waals surface area (Å²) in [5.74, 6) is -1.29. The fraction of sp³-hybridized carbons (Fsp3) is 0.273. The van der Waals surface area contributed by atoms with Gasteiger partial charge in [0.05, 0.1) is 12.1 Å². The van der Waals surface area contributed by atoms with Gasteiger partial charge in [-0.25, -0.2) is 4.90 Å². The molecule has 4 amide bonds. The highest BCUT2D eigenvalue weighted by Crippen LogP contribution is 2.27. The van der Waals surface area contributed by atoms with E-state index in [1.165, 1.54) is 18.7 Å². The first-order chi connectivity index (χ1) is 14.3. The molecule has 156 valence electrons. The number of imide groups is 1. The number of nitrogens with zero attached hydrogens (tertiary/aromatic N) is 2. The Morgan fingerprint density at radius 2 is 1.83 bits per heavy atom. The number of halogens is 1. The Kier molecular flexibility index (Phi) is 6.52. The van der Waals surface area contributed by atoms with Crippen molar-refractivity contribution in [2.45, 2.75) is 32.7 Å². The molecule has 7 nitrogen and oxygen atoms in total. The van der Waals surface area contributed by atoms with Gasteiger partial charge in [-0.3, -0.25) is 19.2 Å². The van der Waals surface area contributed by atoms with E-state index in [1.54, 1.807) is 30.3 Å². The molecule has 1 saturated heterocycles. The number of carbonyl (C=O) groups is 4. The lowest BCUT2D eigenvalue weighted by Crippen LogP contribution is -2.45. The number of hydrogen-bond donors (Lipinski definition) is 1. The van der Waals surface area contributed by atoms with Gasteiger partial charge in [0.15, 0.2) is 0 Å². The van der Waals surface area contributed by atoms with Crippen LogP contribution in [-0.2, 0) is 25.6 Å². The maximum absolute atomic E-state index is 13.0. The van der Waals surface area contributed by atoms with Gasteiger partial charge < -0.3 is 10.2 Å². The second-order valence-electron chi connectivity index (χ2n) is 7.11. The predicted molar refractivity (Wildman–Crippen MR) is 114 cm³/mol. The molecule has 2 aromatic rings. The van der Waals surface area contributed by atoms with Crippen LogP contribution in [0.3, 0.4) is 0 Å². The van der Waals surface area contributed by atoms with E-state index in [2.05, 4.69) is 5.32 Å². The average molecular weight is 428 g/mol. The number of carbonyl (C=O) groups excluding carboxylic acids is 4. The zero-order chi connectivity index (χ0) is 21.8. The summed E-state index contributed by atoms with van der Waals surface area (Å²) < 4.78 is 0. The van der Waals surface area contributed by atoms with Crippen molar-refractivity contribution in [1.82, 2.24) is 4.90 Å². The monoisotopic (exact) mass is 427 g/mol. The molecule has 0 bridgehead atoms. The van der Waals surface area contributed by atoms with Crippen LogP contribution >= 0.6 is 11.6 Å². The maximum atomic E-state index is 13.0. The highest BCUT2D eigenvalue weighted by Gasteiger charge is 2.43. The topological polar surface area (TPSA) is 86.8 Å². The molecule has 3 rings (SSSR count). The molecule has 30 heavy (non-hydrogen) atoms. The zero-order valence-corrected chi connectivity index (χ0v) is 17.5. The largest absolute Gasteiger partial charge is 0.330 e. The maximum Gasteiger partial charge on any atom is 0.257 e. The van der Waals surface area contributed by atoms with E-state index in [9.17, 15) is 19.2 Å². The Labute approximate surface area is 179 Å². The van der Waals surface area contributed by atoms with Crippen LogP contribution in [-0.4, -0.2) is 41.1 Å². The molecule has 1 N–H and O–H groups in total. The van der Waals surface area contributed by atoms with Gasteiger partial charge in [-0.1, -0.05) is 23.7 Å². The first-order valence-corrected chi connectivity index (χ1v) is 9.90. The average Bonchev–Trinajstić information content (AvgIpc) is 2.96. The van der Waals surface area contributed by atoms with Crippen molar-refractivity contribution in [1.29, 1.82) is 0 Å². The molecule has 1 unspecified atom stereocenters. The first-order valence-electron chi connectivity index (χ1n) is 9.52. The van der Waals surface area contributed by atoms with Crippen LogP contribution in [0.25, 0.3) is 0 Å². The van der Waals surface area contributed by atoms with Gasteiger partial charge in [0.2, 0.25) is 17.7 Å². The standard InChI is InChI=1S/C22H22ClN3O4/c1-14(27)24-18-6-8-19(9-7-18)26-21(29)13-20(22(26)30)25(15(2)28)11-10-16-4-3-5-17(23)12-16/h3-9,12,20H,10-11,13H2,1-2H3,(H,24,27). The fourth-order valence-electron chi connectivity index (χ4n) is 3.50. The van der Waals surface area contributed by atoms with Gasteiger partial charge in [0, 0.05) is 31.1 Å². The molecule has 1 fully saturated rings. The smallest absolute Gasteiger partial charge is 0.257 e. The Hall–Kier alpha value is -3.19. The van der Waals surface area contributed by atoms with E-state index >= 15 is 0 Å². The Morgan fingerprint density at radius 3 is 2.43 bits per heavy atom. The fourth-order valence-corrected chi connectivity index (χ4v) is 3.72. The number of rotatable bonds is 6. The Balaban J connectivity index is 1.75. The lowest BCUT2D eigenvalue weighted by molar-refractivity contribution is -0.136. The minimum Gasteiger partial charge on any atom is -0.330 e. The van der Waals surface area contributed by atoms with E-state index in [0.717, 1.165) is 10.5 Å². The summed E-state index contributed by atoms with van der Waals surface area (Å²) in [6.07, 6.45) is 0.449. The lowest BCUT2D eigenvalue weighted by atomic mass is 10.1. The molecule has 1 heterocycles. The SMILES string of the molecule is CC(=O)Nc1ccc(N2C(=O)CC(N(CCc3cccc(Cl)c3)C(C)=O)C2=O)cc1. The summed E-state index contributed by atoms with van der Waals surface area (Å²) in [6, 6.07) is 12.9. The number of hydrogen-bond acceptors (Lipinski definition) is 4. The van der Waals surface area contributed by atoms with Crippen molar-refractivity contribution in [3.8, 4) is 0 Å². The summed E-state index contributed by atoms with van der Waals surface area (Å²) in [5.41, 5.74) is 1.91. The van der Waals surface area contributed by atoms with Gasteiger partial charge in [-0.15, -0.1) is 0 Å². The van der Waals surface area contributed by atoms with E-state index in [-0.39, 0.29) is 24.1 Å². The molecule has 8 heteroatoms. The Morgan fingerprint density at radius 1 is 1.13 bits per heavy atom. The van der Waals surface area contributed by atoms with E-state index in [4.69, 9.17) is 11.6 Å². The summed E-state index contributed by atoms with van der Waals surface area (Å²) in [7, 11) is 0. The Bertz CT molecular complexity index is 990. The zero-order valence-electron chi connectivity index (χ0n) is 16.7. The molecular formula is C22H22ClN3O4. The molecule has 1 atom stereocenters.